The van der Waals surface area contributed by atoms with Crippen LogP contribution in [0.1, 0.15) is 65.8 Å². The number of carbonyl (C=O) groups excluding carboxylic acids is 1. The molecule has 0 bridgehead atoms. The number of fused-ring (bicyclic) bond motifs is 1. The van der Waals surface area contributed by atoms with Gasteiger partial charge in [0, 0.05) is 5.56 Å². The van der Waals surface area contributed by atoms with Crippen molar-refractivity contribution in [1.29, 1.82) is 0 Å². The van der Waals surface area contributed by atoms with Crippen LogP contribution in [0.3, 0.4) is 0 Å². The summed E-state index contributed by atoms with van der Waals surface area (Å²) in [7, 11) is 0. The van der Waals surface area contributed by atoms with Gasteiger partial charge in [-0.1, -0.05) is 49.1 Å². The Balaban J connectivity index is 1.79. The summed E-state index contributed by atoms with van der Waals surface area (Å²) in [6.45, 7) is 4.18. The van der Waals surface area contributed by atoms with Crippen molar-refractivity contribution < 1.29 is 4.79 Å². The number of carbonyl (C=O) groups is 1. The van der Waals surface area contributed by atoms with Crippen LogP contribution in [-0.2, 0) is 4.79 Å². The van der Waals surface area contributed by atoms with Gasteiger partial charge in [0.2, 0.25) is 5.91 Å². The monoisotopic (exact) mass is 355 g/mol. The van der Waals surface area contributed by atoms with Crippen LogP contribution in [-0.4, -0.2) is 21.4 Å². The molecule has 1 amide bonds. The lowest BCUT2D eigenvalue weighted by Crippen LogP contribution is -2.20. The zero-order chi connectivity index (χ0) is 17.4. The Kier molecular flexibility index (Phi) is 4.59. The summed E-state index contributed by atoms with van der Waals surface area (Å²) in [5.41, 5.74) is 4.73. The van der Waals surface area contributed by atoms with Gasteiger partial charge in [0.15, 0.2) is 0 Å². The van der Waals surface area contributed by atoms with Crippen molar-refractivity contribution in [3.63, 3.8) is 0 Å². The molecule has 2 aliphatic rings. The highest BCUT2D eigenvalue weighted by molar-refractivity contribution is 8.00. The lowest BCUT2D eigenvalue weighted by atomic mass is 9.95. The van der Waals surface area contributed by atoms with Crippen LogP contribution in [0.15, 0.2) is 24.3 Å². The fraction of sp³-hybridized carbons (Fsp3) is 0.500. The number of nitrogens with one attached hydrogen (secondary N) is 1. The van der Waals surface area contributed by atoms with Crippen LogP contribution >= 0.6 is 11.8 Å². The van der Waals surface area contributed by atoms with E-state index in [1.54, 1.807) is 11.8 Å². The molecule has 0 spiro atoms. The third-order valence-electron chi connectivity index (χ3n) is 5.33. The third kappa shape index (κ3) is 3.22. The Hall–Kier alpha value is -1.75. The number of aromatic nitrogens is 2. The van der Waals surface area contributed by atoms with Gasteiger partial charge in [-0.25, -0.2) is 4.68 Å². The van der Waals surface area contributed by atoms with Crippen molar-refractivity contribution in [3.8, 4) is 0 Å². The molecule has 132 valence electrons. The normalized spacial score (nSPS) is 21.5. The predicted octanol–water partition coefficient (Wildman–Crippen LogP) is 4.78. The van der Waals surface area contributed by atoms with Gasteiger partial charge < -0.3 is 5.32 Å². The molecule has 1 aliphatic carbocycles. The van der Waals surface area contributed by atoms with Crippen molar-refractivity contribution in [2.75, 3.05) is 11.1 Å². The molecule has 1 unspecified atom stereocenters. The van der Waals surface area contributed by atoms with Gasteiger partial charge in [0.25, 0.3) is 0 Å². The predicted molar refractivity (Wildman–Crippen MR) is 103 cm³/mol. The average molecular weight is 356 g/mol. The molecule has 1 aromatic heterocycles. The van der Waals surface area contributed by atoms with Crippen molar-refractivity contribution in [2.24, 2.45) is 0 Å². The van der Waals surface area contributed by atoms with Crippen molar-refractivity contribution in [1.82, 2.24) is 9.78 Å². The molecule has 1 N–H and O–H groups in total. The molecule has 25 heavy (non-hydrogen) atoms. The van der Waals surface area contributed by atoms with Crippen LogP contribution in [0.2, 0.25) is 0 Å². The van der Waals surface area contributed by atoms with Gasteiger partial charge in [0.05, 0.1) is 22.7 Å². The van der Waals surface area contributed by atoms with Crippen LogP contribution in [0, 0.1) is 13.8 Å². The van der Waals surface area contributed by atoms with E-state index in [1.807, 2.05) is 0 Å². The molecule has 1 atom stereocenters. The second-order valence-corrected chi connectivity index (χ2v) is 8.33. The molecule has 1 aliphatic heterocycles. The number of thioether (sulfide) groups is 1. The lowest BCUT2D eigenvalue weighted by molar-refractivity contribution is -0.113. The first-order chi connectivity index (χ1) is 12.1. The van der Waals surface area contributed by atoms with Crippen molar-refractivity contribution in [2.45, 2.75) is 57.2 Å². The van der Waals surface area contributed by atoms with Gasteiger partial charge in [-0.3, -0.25) is 4.79 Å². The highest BCUT2D eigenvalue weighted by Gasteiger charge is 2.32. The minimum atomic E-state index is 0.0813. The van der Waals surface area contributed by atoms with E-state index in [2.05, 4.69) is 48.1 Å². The fourth-order valence-corrected chi connectivity index (χ4v) is 5.19. The van der Waals surface area contributed by atoms with Gasteiger partial charge in [-0.15, -0.1) is 11.8 Å². The third-order valence-corrected chi connectivity index (χ3v) is 6.60. The summed E-state index contributed by atoms with van der Waals surface area (Å²) in [5, 5.41) is 8.19. The highest BCUT2D eigenvalue weighted by Crippen LogP contribution is 2.45. The van der Waals surface area contributed by atoms with Gasteiger partial charge in [-0.05, 0) is 32.3 Å². The molecule has 4 rings (SSSR count). The zero-order valence-electron chi connectivity index (χ0n) is 14.9. The average Bonchev–Trinajstić information content (AvgIpc) is 2.83. The minimum Gasteiger partial charge on any atom is -0.310 e. The number of benzene rings is 1. The van der Waals surface area contributed by atoms with E-state index in [0.717, 1.165) is 24.4 Å². The summed E-state index contributed by atoms with van der Waals surface area (Å²) in [6.07, 6.45) is 6.13. The number of nitrogens with zero attached hydrogens (tertiary/aromatic N) is 2. The number of hydrogen-bond acceptors (Lipinski definition) is 3. The Bertz CT molecular complexity index is 775. The van der Waals surface area contributed by atoms with E-state index in [4.69, 9.17) is 5.10 Å². The van der Waals surface area contributed by atoms with Gasteiger partial charge in [-0.2, -0.15) is 5.10 Å². The maximum atomic E-state index is 12.3. The van der Waals surface area contributed by atoms with E-state index in [-0.39, 0.29) is 11.2 Å². The Morgan fingerprint density at radius 2 is 1.84 bits per heavy atom. The summed E-state index contributed by atoms with van der Waals surface area (Å²) in [5.74, 6) is 1.50. The standard InChI is InChI=1S/C20H25N3OS/c1-13-8-10-15(11-9-13)19-18-14(2)22-23(16-6-4-3-5-7-16)20(18)21-17(24)12-25-19/h8-11,16,19H,3-7,12H2,1-2H3,(H,21,24). The van der Waals surface area contributed by atoms with Gasteiger partial charge >= 0.3 is 0 Å². The Morgan fingerprint density at radius 1 is 1.12 bits per heavy atom. The van der Waals surface area contributed by atoms with E-state index >= 15 is 0 Å². The number of amides is 1. The molecule has 1 fully saturated rings. The van der Waals surface area contributed by atoms with Crippen LogP contribution in [0.4, 0.5) is 5.82 Å². The van der Waals surface area contributed by atoms with Crippen LogP contribution < -0.4 is 5.32 Å². The van der Waals surface area contributed by atoms with E-state index in [0.29, 0.717) is 11.8 Å². The second kappa shape index (κ2) is 6.87. The summed E-state index contributed by atoms with van der Waals surface area (Å²) >= 11 is 1.70. The summed E-state index contributed by atoms with van der Waals surface area (Å²) in [4.78, 5) is 12.3. The first-order valence-electron chi connectivity index (χ1n) is 9.20. The van der Waals surface area contributed by atoms with Crippen molar-refractivity contribution >= 4 is 23.5 Å². The second-order valence-electron chi connectivity index (χ2n) is 7.23. The quantitative estimate of drug-likeness (QED) is 0.843. The zero-order valence-corrected chi connectivity index (χ0v) is 15.7. The molecule has 0 radical (unpaired) electrons. The topological polar surface area (TPSA) is 46.9 Å². The first-order valence-corrected chi connectivity index (χ1v) is 10.3. The van der Waals surface area contributed by atoms with E-state index in [9.17, 15) is 4.79 Å². The number of hydrogen-bond donors (Lipinski definition) is 1. The van der Waals surface area contributed by atoms with Gasteiger partial charge in [0.1, 0.15) is 5.82 Å². The maximum absolute atomic E-state index is 12.3. The molecular weight excluding hydrogens is 330 g/mol. The van der Waals surface area contributed by atoms with Crippen LogP contribution in [0.25, 0.3) is 0 Å². The molecular formula is C20H25N3OS. The summed E-state index contributed by atoms with van der Waals surface area (Å²) < 4.78 is 2.12. The number of aryl methyl sites for hydroxylation is 2. The molecule has 1 aromatic carbocycles. The molecule has 2 aromatic rings. The first kappa shape index (κ1) is 16.7. The molecule has 4 nitrogen and oxygen atoms in total. The largest absolute Gasteiger partial charge is 0.310 e. The van der Waals surface area contributed by atoms with E-state index in [1.165, 1.54) is 36.0 Å². The molecule has 5 heteroatoms. The fourth-order valence-electron chi connectivity index (χ4n) is 4.00. The highest BCUT2D eigenvalue weighted by atomic mass is 32.2. The lowest BCUT2D eigenvalue weighted by Gasteiger charge is -2.24. The van der Waals surface area contributed by atoms with Crippen molar-refractivity contribution in [3.05, 3.63) is 46.6 Å². The van der Waals surface area contributed by atoms with E-state index < -0.39 is 0 Å². The summed E-state index contributed by atoms with van der Waals surface area (Å²) in [6, 6.07) is 9.08. The SMILES string of the molecule is Cc1ccc(C2SCC(=O)Nc3c2c(C)nn3C2CCCCC2)cc1. The molecule has 0 saturated heterocycles. The smallest absolute Gasteiger partial charge is 0.235 e. The maximum Gasteiger partial charge on any atom is 0.235 e. The minimum absolute atomic E-state index is 0.0813. The number of rotatable bonds is 2. The Morgan fingerprint density at radius 3 is 2.56 bits per heavy atom. The number of anilines is 1. The Labute approximate surface area is 153 Å². The van der Waals surface area contributed by atoms with Crippen LogP contribution in [0.5, 0.6) is 0 Å². The molecule has 2 heterocycles. The molecule has 1 saturated carbocycles.